The second-order valence-electron chi connectivity index (χ2n) is 6.10. The minimum atomic E-state index is -0.571. The lowest BCUT2D eigenvalue weighted by atomic mass is 9.87. The average molecular weight is 327 g/mol. The molecular weight excluding hydrogens is 308 g/mol. The lowest BCUT2D eigenvalue weighted by molar-refractivity contribution is -0.123. The van der Waals surface area contributed by atoms with E-state index >= 15 is 0 Å². The van der Waals surface area contributed by atoms with Gasteiger partial charge < -0.3 is 0 Å². The van der Waals surface area contributed by atoms with Crippen molar-refractivity contribution in [3.05, 3.63) is 58.1 Å². The van der Waals surface area contributed by atoms with Crippen molar-refractivity contribution < 1.29 is 9.59 Å². The van der Waals surface area contributed by atoms with Crippen LogP contribution in [0.2, 0.25) is 5.02 Å². The van der Waals surface area contributed by atoms with Crippen LogP contribution in [-0.2, 0) is 16.0 Å². The summed E-state index contributed by atoms with van der Waals surface area (Å²) in [6.45, 7) is 4.02. The third-order valence-corrected chi connectivity index (χ3v) is 5.01. The summed E-state index contributed by atoms with van der Waals surface area (Å²) in [6, 6.07) is 12.0. The first-order chi connectivity index (χ1) is 11.0. The van der Waals surface area contributed by atoms with Gasteiger partial charge in [0.2, 0.25) is 0 Å². The van der Waals surface area contributed by atoms with Gasteiger partial charge in [-0.3, -0.25) is 9.59 Å². The van der Waals surface area contributed by atoms with Crippen LogP contribution in [0.3, 0.4) is 0 Å². The highest BCUT2D eigenvalue weighted by Gasteiger charge is 2.35. The van der Waals surface area contributed by atoms with Gasteiger partial charge in [0.15, 0.2) is 0 Å². The van der Waals surface area contributed by atoms with E-state index in [0.717, 1.165) is 39.3 Å². The van der Waals surface area contributed by atoms with Crippen molar-refractivity contribution in [3.63, 3.8) is 0 Å². The van der Waals surface area contributed by atoms with Crippen molar-refractivity contribution in [2.24, 2.45) is 0 Å². The third kappa shape index (κ3) is 2.96. The summed E-state index contributed by atoms with van der Waals surface area (Å²) in [6.07, 6.45) is 1.56. The minimum Gasteiger partial charge on any atom is -0.299 e. The van der Waals surface area contributed by atoms with E-state index in [4.69, 9.17) is 11.6 Å². The van der Waals surface area contributed by atoms with Crippen molar-refractivity contribution in [2.75, 3.05) is 0 Å². The Labute approximate surface area is 141 Å². The quantitative estimate of drug-likeness (QED) is 0.752. The molecule has 2 aromatic rings. The number of carbonyl (C=O) groups is 2. The molecule has 0 aromatic heterocycles. The van der Waals surface area contributed by atoms with E-state index in [1.165, 1.54) is 0 Å². The first-order valence-corrected chi connectivity index (χ1v) is 8.34. The molecule has 0 aliphatic heterocycles. The molecule has 1 aliphatic carbocycles. The van der Waals surface area contributed by atoms with Gasteiger partial charge >= 0.3 is 0 Å². The maximum Gasteiger partial charge on any atom is 0.148 e. The molecule has 0 heterocycles. The molecule has 118 valence electrons. The highest BCUT2D eigenvalue weighted by molar-refractivity contribution is 6.31. The van der Waals surface area contributed by atoms with E-state index in [9.17, 15) is 9.59 Å². The Morgan fingerprint density at radius 1 is 1.00 bits per heavy atom. The van der Waals surface area contributed by atoms with Gasteiger partial charge in [0.05, 0.1) is 0 Å². The zero-order valence-corrected chi connectivity index (χ0v) is 14.1. The molecule has 0 unspecified atom stereocenters. The summed E-state index contributed by atoms with van der Waals surface area (Å²) in [5.74, 6) is -0.471. The van der Waals surface area contributed by atoms with Crippen LogP contribution in [0.1, 0.15) is 42.4 Å². The van der Waals surface area contributed by atoms with Crippen LogP contribution >= 0.6 is 11.6 Å². The summed E-state index contributed by atoms with van der Waals surface area (Å²) in [7, 11) is 0. The van der Waals surface area contributed by atoms with Crippen LogP contribution in [0.4, 0.5) is 0 Å². The Kier molecular flexibility index (Phi) is 4.36. The zero-order chi connectivity index (χ0) is 16.6. The first kappa shape index (κ1) is 15.9. The maximum absolute atomic E-state index is 12.2. The molecular formula is C20H19ClO2. The number of hydrogen-bond donors (Lipinski definition) is 0. The van der Waals surface area contributed by atoms with E-state index < -0.39 is 5.92 Å². The van der Waals surface area contributed by atoms with E-state index in [1.807, 2.05) is 37.3 Å². The van der Waals surface area contributed by atoms with Crippen LogP contribution in [0.25, 0.3) is 11.1 Å². The molecule has 1 fully saturated rings. The maximum atomic E-state index is 12.2. The molecule has 0 atom stereocenters. The highest BCUT2D eigenvalue weighted by atomic mass is 35.5. The van der Waals surface area contributed by atoms with Crippen LogP contribution < -0.4 is 0 Å². The molecule has 23 heavy (non-hydrogen) atoms. The Balaban J connectivity index is 2.10. The van der Waals surface area contributed by atoms with Crippen molar-refractivity contribution >= 4 is 23.2 Å². The lowest BCUT2D eigenvalue weighted by Gasteiger charge is -2.15. The number of hydrogen-bond acceptors (Lipinski definition) is 2. The van der Waals surface area contributed by atoms with Gasteiger partial charge in [0.25, 0.3) is 0 Å². The van der Waals surface area contributed by atoms with E-state index in [1.54, 1.807) is 0 Å². The van der Waals surface area contributed by atoms with Crippen LogP contribution in [0, 0.1) is 6.92 Å². The number of halogens is 1. The van der Waals surface area contributed by atoms with Crippen molar-refractivity contribution in [2.45, 2.75) is 39.0 Å². The minimum absolute atomic E-state index is 0.0501. The fourth-order valence-electron chi connectivity index (χ4n) is 3.25. The molecule has 0 saturated heterocycles. The fraction of sp³-hybridized carbons (Fsp3) is 0.300. The predicted octanol–water partition coefficient (Wildman–Crippen LogP) is 4.89. The van der Waals surface area contributed by atoms with Crippen LogP contribution in [0.15, 0.2) is 36.4 Å². The van der Waals surface area contributed by atoms with E-state index in [2.05, 4.69) is 13.0 Å². The van der Waals surface area contributed by atoms with Crippen LogP contribution in [-0.4, -0.2) is 11.6 Å². The second-order valence-corrected chi connectivity index (χ2v) is 6.50. The van der Waals surface area contributed by atoms with Crippen molar-refractivity contribution in [3.8, 4) is 11.1 Å². The summed E-state index contributed by atoms with van der Waals surface area (Å²) in [5.41, 5.74) is 5.04. The molecule has 1 saturated carbocycles. The molecule has 0 radical (unpaired) electrons. The summed E-state index contributed by atoms with van der Waals surface area (Å²) in [5, 5.41) is 0.736. The van der Waals surface area contributed by atoms with Crippen molar-refractivity contribution in [1.82, 2.24) is 0 Å². The average Bonchev–Trinajstić information content (AvgIpc) is 2.88. The molecule has 1 aliphatic rings. The molecule has 0 spiro atoms. The number of rotatable bonds is 3. The highest BCUT2D eigenvalue weighted by Crippen LogP contribution is 2.34. The molecule has 3 heteroatoms. The third-order valence-electron chi connectivity index (χ3n) is 4.59. The largest absolute Gasteiger partial charge is 0.299 e. The summed E-state index contributed by atoms with van der Waals surface area (Å²) in [4.78, 5) is 24.3. The Morgan fingerprint density at radius 3 is 2.22 bits per heavy atom. The van der Waals surface area contributed by atoms with E-state index in [0.29, 0.717) is 12.8 Å². The topological polar surface area (TPSA) is 34.1 Å². The van der Waals surface area contributed by atoms with Gasteiger partial charge in [0.1, 0.15) is 17.5 Å². The normalized spacial score (nSPS) is 15.4. The number of Topliss-reactive ketones (excluding diaryl/α,β-unsaturated/α-hetero) is 2. The molecule has 0 N–H and O–H groups in total. The molecule has 0 amide bonds. The Hall–Kier alpha value is -1.93. The monoisotopic (exact) mass is 326 g/mol. The SMILES string of the molecule is CCc1ccc(-c2ccc(Cl)c(C)c2)cc1C1C(=O)CCC1=O. The van der Waals surface area contributed by atoms with Gasteiger partial charge in [-0.2, -0.15) is 0 Å². The van der Waals surface area contributed by atoms with Crippen LogP contribution in [0.5, 0.6) is 0 Å². The summed E-state index contributed by atoms with van der Waals surface area (Å²) < 4.78 is 0. The van der Waals surface area contributed by atoms with Gasteiger partial charge in [-0.1, -0.05) is 36.7 Å². The lowest BCUT2D eigenvalue weighted by Crippen LogP contribution is -2.14. The second kappa shape index (κ2) is 6.29. The van der Waals surface area contributed by atoms with Gasteiger partial charge in [-0.15, -0.1) is 0 Å². The van der Waals surface area contributed by atoms with Gasteiger partial charge in [0, 0.05) is 17.9 Å². The number of ketones is 2. The first-order valence-electron chi connectivity index (χ1n) is 7.96. The van der Waals surface area contributed by atoms with E-state index in [-0.39, 0.29) is 11.6 Å². The van der Waals surface area contributed by atoms with Crippen molar-refractivity contribution in [1.29, 1.82) is 0 Å². The number of aryl methyl sites for hydroxylation is 2. The number of carbonyl (C=O) groups excluding carboxylic acids is 2. The number of benzene rings is 2. The molecule has 3 rings (SSSR count). The van der Waals surface area contributed by atoms with Gasteiger partial charge in [-0.25, -0.2) is 0 Å². The van der Waals surface area contributed by atoms with Gasteiger partial charge in [-0.05, 0) is 59.4 Å². The molecule has 2 aromatic carbocycles. The predicted molar refractivity (Wildman–Crippen MR) is 93.0 cm³/mol. The Morgan fingerprint density at radius 2 is 1.61 bits per heavy atom. The molecule has 0 bridgehead atoms. The Bertz CT molecular complexity index is 776. The summed E-state index contributed by atoms with van der Waals surface area (Å²) >= 11 is 6.10. The zero-order valence-electron chi connectivity index (χ0n) is 13.4. The standard InChI is InChI=1S/C20H19ClO2/c1-3-13-4-5-15(14-6-7-17(21)12(2)10-14)11-16(13)20-18(22)8-9-19(20)23/h4-7,10-11,20H,3,8-9H2,1-2H3. The molecule has 2 nitrogen and oxygen atoms in total. The fourth-order valence-corrected chi connectivity index (χ4v) is 3.37. The smallest absolute Gasteiger partial charge is 0.148 e.